The quantitative estimate of drug-likeness (QED) is 0.847. The molecule has 6 heteroatoms. The first-order valence-electron chi connectivity index (χ1n) is 6.92. The van der Waals surface area contributed by atoms with E-state index in [1.165, 1.54) is 6.07 Å². The lowest BCUT2D eigenvalue weighted by molar-refractivity contribution is -0.142. The SMILES string of the molecule is CCCC(NC(=O)C1CC1c1ccc(F)cc1F)C(=O)O. The number of benzene rings is 1. The first-order valence-corrected chi connectivity index (χ1v) is 6.92. The van der Waals surface area contributed by atoms with Gasteiger partial charge < -0.3 is 10.4 Å². The number of hydrogen-bond acceptors (Lipinski definition) is 2. The van der Waals surface area contributed by atoms with Crippen LogP contribution in [0, 0.1) is 17.6 Å². The predicted octanol–water partition coefficient (Wildman–Crippen LogP) is 2.44. The van der Waals surface area contributed by atoms with Crippen LogP contribution in [0.1, 0.15) is 37.7 Å². The Balaban J connectivity index is 1.99. The van der Waals surface area contributed by atoms with Crippen LogP contribution in [0.5, 0.6) is 0 Å². The first kappa shape index (κ1) is 15.4. The van der Waals surface area contributed by atoms with Crippen LogP contribution >= 0.6 is 0 Å². The molecule has 21 heavy (non-hydrogen) atoms. The minimum Gasteiger partial charge on any atom is -0.480 e. The number of aliphatic carboxylic acids is 1. The number of amides is 1. The van der Waals surface area contributed by atoms with Crippen LogP contribution in [0.3, 0.4) is 0 Å². The molecule has 3 atom stereocenters. The van der Waals surface area contributed by atoms with Crippen molar-refractivity contribution in [3.05, 3.63) is 35.4 Å². The van der Waals surface area contributed by atoms with Gasteiger partial charge in [0.05, 0.1) is 0 Å². The summed E-state index contributed by atoms with van der Waals surface area (Å²) in [5, 5.41) is 11.5. The molecule has 2 rings (SSSR count). The Morgan fingerprint density at radius 3 is 2.71 bits per heavy atom. The molecule has 4 nitrogen and oxygen atoms in total. The van der Waals surface area contributed by atoms with Gasteiger partial charge in [-0.05, 0) is 30.4 Å². The second-order valence-electron chi connectivity index (χ2n) is 5.30. The molecule has 114 valence electrons. The number of carboxylic acids is 1. The van der Waals surface area contributed by atoms with Gasteiger partial charge in [-0.2, -0.15) is 0 Å². The lowest BCUT2D eigenvalue weighted by Gasteiger charge is -2.13. The van der Waals surface area contributed by atoms with Crippen molar-refractivity contribution in [1.29, 1.82) is 0 Å². The van der Waals surface area contributed by atoms with E-state index < -0.39 is 29.6 Å². The molecule has 1 aliphatic carbocycles. The Labute approximate surface area is 121 Å². The van der Waals surface area contributed by atoms with E-state index in [2.05, 4.69) is 5.32 Å². The third-order valence-corrected chi connectivity index (χ3v) is 3.68. The largest absolute Gasteiger partial charge is 0.480 e. The summed E-state index contributed by atoms with van der Waals surface area (Å²) in [5.74, 6) is -3.53. The molecular weight excluding hydrogens is 280 g/mol. The van der Waals surface area contributed by atoms with Gasteiger partial charge in [0.15, 0.2) is 0 Å². The Morgan fingerprint density at radius 1 is 1.43 bits per heavy atom. The summed E-state index contributed by atoms with van der Waals surface area (Å²) in [4.78, 5) is 23.0. The fourth-order valence-electron chi connectivity index (χ4n) is 2.46. The first-order chi connectivity index (χ1) is 9.93. The van der Waals surface area contributed by atoms with Crippen LogP contribution in [-0.4, -0.2) is 23.0 Å². The van der Waals surface area contributed by atoms with Gasteiger partial charge in [0.2, 0.25) is 5.91 Å². The molecule has 0 spiro atoms. The maximum Gasteiger partial charge on any atom is 0.326 e. The van der Waals surface area contributed by atoms with Crippen LogP contribution in [0.4, 0.5) is 8.78 Å². The highest BCUT2D eigenvalue weighted by Gasteiger charge is 2.46. The summed E-state index contributed by atoms with van der Waals surface area (Å²) >= 11 is 0. The number of carbonyl (C=O) groups excluding carboxylic acids is 1. The molecule has 0 saturated heterocycles. The van der Waals surface area contributed by atoms with Crippen molar-refractivity contribution >= 4 is 11.9 Å². The summed E-state index contributed by atoms with van der Waals surface area (Å²) in [5.41, 5.74) is 0.305. The van der Waals surface area contributed by atoms with Crippen LogP contribution in [0.25, 0.3) is 0 Å². The summed E-state index contributed by atoms with van der Waals surface area (Å²) in [6.45, 7) is 1.83. The number of carbonyl (C=O) groups is 2. The van der Waals surface area contributed by atoms with Crippen molar-refractivity contribution in [3.8, 4) is 0 Å². The van der Waals surface area contributed by atoms with Crippen molar-refractivity contribution in [2.24, 2.45) is 5.92 Å². The van der Waals surface area contributed by atoms with Crippen molar-refractivity contribution in [2.45, 2.75) is 38.1 Å². The zero-order chi connectivity index (χ0) is 15.6. The van der Waals surface area contributed by atoms with E-state index in [0.29, 0.717) is 24.8 Å². The third-order valence-electron chi connectivity index (χ3n) is 3.68. The van der Waals surface area contributed by atoms with Crippen LogP contribution in [0.15, 0.2) is 18.2 Å². The molecular formula is C15H17F2NO3. The number of halogens is 2. The van der Waals surface area contributed by atoms with Gasteiger partial charge >= 0.3 is 5.97 Å². The maximum absolute atomic E-state index is 13.6. The highest BCUT2D eigenvalue weighted by Crippen LogP contribution is 2.48. The third kappa shape index (κ3) is 3.56. The molecule has 1 saturated carbocycles. The van der Waals surface area contributed by atoms with Gasteiger partial charge in [-0.1, -0.05) is 19.4 Å². The second-order valence-corrected chi connectivity index (χ2v) is 5.30. The fraction of sp³-hybridized carbons (Fsp3) is 0.467. The van der Waals surface area contributed by atoms with E-state index >= 15 is 0 Å². The smallest absolute Gasteiger partial charge is 0.326 e. The van der Waals surface area contributed by atoms with E-state index in [0.717, 1.165) is 12.1 Å². The average molecular weight is 297 g/mol. The van der Waals surface area contributed by atoms with Crippen molar-refractivity contribution in [3.63, 3.8) is 0 Å². The van der Waals surface area contributed by atoms with Gasteiger partial charge in [-0.3, -0.25) is 4.79 Å². The summed E-state index contributed by atoms with van der Waals surface area (Å²) in [6.07, 6.45) is 1.44. The number of rotatable bonds is 6. The van der Waals surface area contributed by atoms with Crippen molar-refractivity contribution in [1.82, 2.24) is 5.32 Å². The average Bonchev–Trinajstić information content (AvgIpc) is 3.18. The molecule has 1 fully saturated rings. The molecule has 2 N–H and O–H groups in total. The zero-order valence-electron chi connectivity index (χ0n) is 11.6. The van der Waals surface area contributed by atoms with E-state index in [1.807, 2.05) is 6.92 Å². The van der Waals surface area contributed by atoms with Crippen LogP contribution < -0.4 is 5.32 Å². The number of hydrogen-bond donors (Lipinski definition) is 2. The monoisotopic (exact) mass is 297 g/mol. The molecule has 1 aromatic rings. The predicted molar refractivity (Wildman–Crippen MR) is 71.7 cm³/mol. The molecule has 0 aliphatic heterocycles. The van der Waals surface area contributed by atoms with Gasteiger partial charge in [-0.15, -0.1) is 0 Å². The zero-order valence-corrected chi connectivity index (χ0v) is 11.6. The number of nitrogens with one attached hydrogen (secondary N) is 1. The second kappa shape index (κ2) is 6.20. The summed E-state index contributed by atoms with van der Waals surface area (Å²) < 4.78 is 26.5. The van der Waals surface area contributed by atoms with Crippen molar-refractivity contribution in [2.75, 3.05) is 0 Å². The van der Waals surface area contributed by atoms with Crippen LogP contribution in [-0.2, 0) is 9.59 Å². The molecule has 0 radical (unpaired) electrons. The fourth-order valence-corrected chi connectivity index (χ4v) is 2.46. The topological polar surface area (TPSA) is 66.4 Å². The lowest BCUT2D eigenvalue weighted by atomic mass is 10.1. The molecule has 0 aromatic heterocycles. The minimum absolute atomic E-state index is 0.304. The molecule has 0 heterocycles. The van der Waals surface area contributed by atoms with E-state index in [9.17, 15) is 18.4 Å². The maximum atomic E-state index is 13.6. The normalized spacial score (nSPS) is 21.7. The summed E-state index contributed by atoms with van der Waals surface area (Å²) in [6, 6.07) is 2.37. The van der Waals surface area contributed by atoms with E-state index in [-0.39, 0.29) is 11.8 Å². The Morgan fingerprint density at radius 2 is 2.14 bits per heavy atom. The van der Waals surface area contributed by atoms with Crippen LogP contribution in [0.2, 0.25) is 0 Å². The Hall–Kier alpha value is -1.98. The van der Waals surface area contributed by atoms with Gasteiger partial charge in [0, 0.05) is 12.0 Å². The molecule has 0 bridgehead atoms. The molecule has 1 aromatic carbocycles. The van der Waals surface area contributed by atoms with E-state index in [1.54, 1.807) is 0 Å². The number of carboxylic acid groups (broad SMARTS) is 1. The molecule has 1 aliphatic rings. The van der Waals surface area contributed by atoms with Gasteiger partial charge in [0.1, 0.15) is 17.7 Å². The van der Waals surface area contributed by atoms with Gasteiger partial charge in [-0.25, -0.2) is 13.6 Å². The van der Waals surface area contributed by atoms with E-state index in [4.69, 9.17) is 5.11 Å². The summed E-state index contributed by atoms with van der Waals surface area (Å²) in [7, 11) is 0. The molecule has 3 unspecified atom stereocenters. The highest BCUT2D eigenvalue weighted by atomic mass is 19.1. The lowest BCUT2D eigenvalue weighted by Crippen LogP contribution is -2.41. The Kier molecular flexibility index (Phi) is 4.55. The van der Waals surface area contributed by atoms with Crippen molar-refractivity contribution < 1.29 is 23.5 Å². The van der Waals surface area contributed by atoms with Gasteiger partial charge in [0.25, 0.3) is 0 Å². The Bertz CT molecular complexity index is 562. The minimum atomic E-state index is -1.07. The molecule has 1 amide bonds. The highest BCUT2D eigenvalue weighted by molar-refractivity contribution is 5.87. The standard InChI is InChI=1S/C15H17F2NO3/c1-2-3-13(15(20)21)18-14(19)11-7-10(11)9-5-4-8(16)6-12(9)17/h4-6,10-11,13H,2-3,7H2,1H3,(H,18,19)(H,20,21).